The average Bonchev–Trinajstić information content (AvgIpc) is 2.79. The molecule has 0 aliphatic rings. The van der Waals surface area contributed by atoms with Crippen LogP contribution < -0.4 is 16.4 Å². The van der Waals surface area contributed by atoms with E-state index in [1.807, 2.05) is 12.1 Å². The summed E-state index contributed by atoms with van der Waals surface area (Å²) in [7, 11) is 0. The number of carboxylic acids is 1. The standard InChI is InChI=1S/C26H26N4O4/c1-26(2,3)19-11-8-17(9-12-19)24(32)30-21-14-18(25(33)34)10-13-20(21)29-23(31)16-6-4-15(5-7-16)22(27)28/h4-14H,1-3H3,(H3,27,28)(H,29,31)(H,30,32)(H,33,34). The normalized spacial score (nSPS) is 10.9. The molecule has 3 rings (SSSR count). The minimum Gasteiger partial charge on any atom is -0.478 e. The molecule has 8 heteroatoms. The number of carboxylic acid groups (broad SMARTS) is 1. The number of nitrogens with two attached hydrogens (primary N) is 1. The first kappa shape index (κ1) is 24.2. The number of hydrogen-bond acceptors (Lipinski definition) is 4. The molecule has 0 saturated carbocycles. The maximum atomic E-state index is 12.9. The average molecular weight is 459 g/mol. The second-order valence-corrected chi connectivity index (χ2v) is 8.79. The monoisotopic (exact) mass is 458 g/mol. The molecule has 2 amide bonds. The second-order valence-electron chi connectivity index (χ2n) is 8.79. The van der Waals surface area contributed by atoms with Gasteiger partial charge in [0.15, 0.2) is 0 Å². The Labute approximate surface area is 197 Å². The molecular weight excluding hydrogens is 432 g/mol. The van der Waals surface area contributed by atoms with E-state index in [0.717, 1.165) is 5.56 Å². The van der Waals surface area contributed by atoms with Crippen LogP contribution in [0.1, 0.15) is 63.0 Å². The van der Waals surface area contributed by atoms with Crippen molar-refractivity contribution >= 4 is 35.0 Å². The van der Waals surface area contributed by atoms with Gasteiger partial charge in [0.25, 0.3) is 11.8 Å². The van der Waals surface area contributed by atoms with E-state index in [1.165, 1.54) is 30.3 Å². The van der Waals surface area contributed by atoms with Crippen LogP contribution in [0.4, 0.5) is 11.4 Å². The molecule has 3 aromatic rings. The van der Waals surface area contributed by atoms with Crippen LogP contribution in [0.5, 0.6) is 0 Å². The van der Waals surface area contributed by atoms with Gasteiger partial charge in [0.05, 0.1) is 16.9 Å². The molecule has 0 radical (unpaired) electrons. The van der Waals surface area contributed by atoms with Gasteiger partial charge in [-0.3, -0.25) is 15.0 Å². The molecule has 0 bridgehead atoms. The first-order valence-electron chi connectivity index (χ1n) is 10.5. The van der Waals surface area contributed by atoms with Gasteiger partial charge in [-0.25, -0.2) is 4.79 Å². The van der Waals surface area contributed by atoms with Crippen molar-refractivity contribution in [2.75, 3.05) is 10.6 Å². The van der Waals surface area contributed by atoms with E-state index in [-0.39, 0.29) is 28.2 Å². The molecule has 6 N–H and O–H groups in total. The minimum absolute atomic E-state index is 0.0396. The third-order valence-electron chi connectivity index (χ3n) is 5.23. The summed E-state index contributed by atoms with van der Waals surface area (Å²) in [5, 5.41) is 22.2. The van der Waals surface area contributed by atoms with E-state index >= 15 is 0 Å². The van der Waals surface area contributed by atoms with Crippen molar-refractivity contribution in [2.24, 2.45) is 5.73 Å². The van der Waals surface area contributed by atoms with Gasteiger partial charge in [-0.05, 0) is 53.4 Å². The molecule has 0 fully saturated rings. The highest BCUT2D eigenvalue weighted by molar-refractivity contribution is 6.11. The number of hydrogen-bond donors (Lipinski definition) is 5. The predicted molar refractivity (Wildman–Crippen MR) is 132 cm³/mol. The number of rotatable bonds is 6. The molecule has 0 heterocycles. The minimum atomic E-state index is -1.16. The van der Waals surface area contributed by atoms with Crippen LogP contribution in [0, 0.1) is 5.41 Å². The van der Waals surface area contributed by atoms with Crippen molar-refractivity contribution in [3.8, 4) is 0 Å². The smallest absolute Gasteiger partial charge is 0.335 e. The lowest BCUT2D eigenvalue weighted by Crippen LogP contribution is -2.18. The Morgan fingerprint density at radius 2 is 1.18 bits per heavy atom. The number of carbonyl (C=O) groups excluding carboxylic acids is 2. The summed E-state index contributed by atoms with van der Waals surface area (Å²) in [5.74, 6) is -2.19. The van der Waals surface area contributed by atoms with Crippen LogP contribution in [0.2, 0.25) is 0 Å². The first-order valence-corrected chi connectivity index (χ1v) is 10.5. The molecule has 0 unspecified atom stereocenters. The number of amidine groups is 1. The predicted octanol–water partition coefficient (Wildman–Crippen LogP) is 4.47. The number of aromatic carboxylic acids is 1. The first-order chi connectivity index (χ1) is 16.0. The van der Waals surface area contributed by atoms with Crippen molar-refractivity contribution < 1.29 is 19.5 Å². The van der Waals surface area contributed by atoms with Gasteiger partial charge in [-0.2, -0.15) is 0 Å². The quantitative estimate of drug-likeness (QED) is 0.273. The second kappa shape index (κ2) is 9.58. The number of amides is 2. The van der Waals surface area contributed by atoms with Gasteiger partial charge in [-0.1, -0.05) is 45.0 Å². The maximum absolute atomic E-state index is 12.9. The fourth-order valence-corrected chi connectivity index (χ4v) is 3.20. The molecule has 8 nitrogen and oxygen atoms in total. The Hall–Kier alpha value is -4.46. The highest BCUT2D eigenvalue weighted by Crippen LogP contribution is 2.26. The summed E-state index contributed by atoms with van der Waals surface area (Å²) >= 11 is 0. The van der Waals surface area contributed by atoms with E-state index in [0.29, 0.717) is 16.7 Å². The van der Waals surface area contributed by atoms with E-state index in [4.69, 9.17) is 11.1 Å². The molecule has 174 valence electrons. The van der Waals surface area contributed by atoms with Crippen molar-refractivity contribution in [3.63, 3.8) is 0 Å². The van der Waals surface area contributed by atoms with Crippen molar-refractivity contribution in [2.45, 2.75) is 26.2 Å². The van der Waals surface area contributed by atoms with Crippen LogP contribution in [0.3, 0.4) is 0 Å². The van der Waals surface area contributed by atoms with Crippen LogP contribution in [0.25, 0.3) is 0 Å². The van der Waals surface area contributed by atoms with Crippen LogP contribution >= 0.6 is 0 Å². The number of anilines is 2. The Balaban J connectivity index is 1.86. The zero-order chi connectivity index (χ0) is 25.0. The lowest BCUT2D eigenvalue weighted by Gasteiger charge is -2.19. The van der Waals surface area contributed by atoms with Gasteiger partial charge < -0.3 is 21.5 Å². The third-order valence-corrected chi connectivity index (χ3v) is 5.23. The topological polar surface area (TPSA) is 145 Å². The van der Waals surface area contributed by atoms with E-state index in [1.54, 1.807) is 24.3 Å². The number of carbonyl (C=O) groups is 3. The van der Waals surface area contributed by atoms with Gasteiger partial charge >= 0.3 is 5.97 Å². The van der Waals surface area contributed by atoms with Crippen molar-refractivity contribution in [3.05, 3.63) is 94.5 Å². The van der Waals surface area contributed by atoms with Crippen LogP contribution in [0.15, 0.2) is 66.7 Å². The van der Waals surface area contributed by atoms with Crippen molar-refractivity contribution in [1.82, 2.24) is 0 Å². The molecule has 0 saturated heterocycles. The number of nitrogen functional groups attached to an aromatic ring is 1. The van der Waals surface area contributed by atoms with E-state index in [9.17, 15) is 19.5 Å². The summed E-state index contributed by atoms with van der Waals surface area (Å²) in [5.41, 5.74) is 7.98. The SMILES string of the molecule is CC(C)(C)c1ccc(C(=O)Nc2cc(C(=O)O)ccc2NC(=O)c2ccc(C(=N)N)cc2)cc1. The Morgan fingerprint density at radius 3 is 1.65 bits per heavy atom. The largest absolute Gasteiger partial charge is 0.478 e. The molecule has 0 aliphatic heterocycles. The maximum Gasteiger partial charge on any atom is 0.335 e. The summed E-state index contributed by atoms with van der Waals surface area (Å²) < 4.78 is 0. The summed E-state index contributed by atoms with van der Waals surface area (Å²) in [6, 6.07) is 17.3. The molecule has 0 spiro atoms. The molecule has 34 heavy (non-hydrogen) atoms. The fraction of sp³-hybridized carbons (Fsp3) is 0.154. The van der Waals surface area contributed by atoms with Gasteiger partial charge in [0, 0.05) is 16.7 Å². The van der Waals surface area contributed by atoms with Gasteiger partial charge in [0.2, 0.25) is 0 Å². The zero-order valence-electron chi connectivity index (χ0n) is 19.1. The summed E-state index contributed by atoms with van der Waals surface area (Å²) in [4.78, 5) is 37.0. The molecular formula is C26H26N4O4. The van der Waals surface area contributed by atoms with Crippen LogP contribution in [-0.2, 0) is 5.41 Å². The van der Waals surface area contributed by atoms with E-state index < -0.39 is 17.8 Å². The van der Waals surface area contributed by atoms with Crippen LogP contribution in [-0.4, -0.2) is 28.7 Å². The number of benzene rings is 3. The molecule has 0 atom stereocenters. The zero-order valence-corrected chi connectivity index (χ0v) is 19.1. The van der Waals surface area contributed by atoms with Gasteiger partial charge in [0.1, 0.15) is 5.84 Å². The molecule has 3 aromatic carbocycles. The highest BCUT2D eigenvalue weighted by atomic mass is 16.4. The van der Waals surface area contributed by atoms with E-state index in [2.05, 4.69) is 31.4 Å². The van der Waals surface area contributed by atoms with Gasteiger partial charge in [-0.15, -0.1) is 0 Å². The Kier molecular flexibility index (Phi) is 6.81. The Bertz CT molecular complexity index is 1260. The lowest BCUT2D eigenvalue weighted by molar-refractivity contribution is 0.0696. The Morgan fingerprint density at radius 1 is 0.735 bits per heavy atom. The fourth-order valence-electron chi connectivity index (χ4n) is 3.20. The lowest BCUT2D eigenvalue weighted by atomic mass is 9.87. The third kappa shape index (κ3) is 5.66. The number of nitrogens with one attached hydrogen (secondary N) is 3. The summed E-state index contributed by atoms with van der Waals surface area (Å²) in [6.07, 6.45) is 0. The molecule has 0 aliphatic carbocycles. The van der Waals surface area contributed by atoms with Crippen molar-refractivity contribution in [1.29, 1.82) is 5.41 Å². The summed E-state index contributed by atoms with van der Waals surface area (Å²) in [6.45, 7) is 6.21. The molecule has 0 aromatic heterocycles. The highest BCUT2D eigenvalue weighted by Gasteiger charge is 2.17.